The van der Waals surface area contributed by atoms with Gasteiger partial charge in [-0.1, -0.05) is 60.1 Å². The molecule has 3 aromatic carbocycles. The summed E-state index contributed by atoms with van der Waals surface area (Å²) in [6.07, 6.45) is 1.48. The molecule has 0 aliphatic heterocycles. The van der Waals surface area contributed by atoms with E-state index in [1.165, 1.54) is 4.31 Å². The smallest absolute Gasteiger partial charge is 0.253 e. The maximum Gasteiger partial charge on any atom is 0.253 e. The van der Waals surface area contributed by atoms with E-state index in [-0.39, 0.29) is 37.2 Å². The van der Waals surface area contributed by atoms with Crippen LogP contribution in [0.5, 0.6) is 0 Å². The SMILES string of the molecule is Cc1ccc(Cl)cc1N(CCCC(=O)Nc1ccccc1C(=O)N[C@@H](C)c1ccccc1)S(C)(=O)=O. The first-order valence-electron chi connectivity index (χ1n) is 11.5. The summed E-state index contributed by atoms with van der Waals surface area (Å²) in [4.78, 5) is 25.6. The van der Waals surface area contributed by atoms with Crippen molar-refractivity contribution in [2.24, 2.45) is 0 Å². The standard InChI is InChI=1S/C27H30ClN3O4S/c1-19-15-16-22(28)18-25(19)31(36(3,34)35)17-9-14-26(32)30-24-13-8-7-12-23(24)27(33)29-20(2)21-10-5-4-6-11-21/h4-8,10-13,15-16,18,20H,9,14,17H2,1-3H3,(H,29,33)(H,30,32)/t20-/m0/s1. The first-order chi connectivity index (χ1) is 17.1. The molecule has 2 N–H and O–H groups in total. The molecule has 0 saturated heterocycles. The van der Waals surface area contributed by atoms with Gasteiger partial charge in [0.25, 0.3) is 5.91 Å². The summed E-state index contributed by atoms with van der Waals surface area (Å²) in [5, 5.41) is 6.17. The lowest BCUT2D eigenvalue weighted by atomic mass is 10.1. The van der Waals surface area contributed by atoms with E-state index in [2.05, 4.69) is 10.6 Å². The number of para-hydroxylation sites is 1. The molecule has 9 heteroatoms. The zero-order valence-corrected chi connectivity index (χ0v) is 22.1. The Labute approximate surface area is 217 Å². The minimum atomic E-state index is -3.58. The van der Waals surface area contributed by atoms with E-state index in [1.807, 2.05) is 37.3 Å². The van der Waals surface area contributed by atoms with Gasteiger partial charge in [-0.2, -0.15) is 0 Å². The lowest BCUT2D eigenvalue weighted by Gasteiger charge is -2.24. The second kappa shape index (κ2) is 12.1. The fourth-order valence-electron chi connectivity index (χ4n) is 3.80. The number of amides is 2. The fraction of sp³-hybridized carbons (Fsp3) is 0.259. The van der Waals surface area contributed by atoms with Crippen molar-refractivity contribution in [3.05, 3.63) is 94.5 Å². The molecule has 7 nitrogen and oxygen atoms in total. The highest BCUT2D eigenvalue weighted by Crippen LogP contribution is 2.27. The lowest BCUT2D eigenvalue weighted by molar-refractivity contribution is -0.116. The molecular formula is C27H30ClN3O4S. The number of benzene rings is 3. The van der Waals surface area contributed by atoms with E-state index in [4.69, 9.17) is 11.6 Å². The van der Waals surface area contributed by atoms with Crippen LogP contribution in [0.4, 0.5) is 11.4 Å². The van der Waals surface area contributed by atoms with Gasteiger partial charge >= 0.3 is 0 Å². The van der Waals surface area contributed by atoms with Crippen LogP contribution in [0.3, 0.4) is 0 Å². The van der Waals surface area contributed by atoms with Gasteiger partial charge in [0.1, 0.15) is 0 Å². The minimum absolute atomic E-state index is 0.0714. The van der Waals surface area contributed by atoms with E-state index in [1.54, 1.807) is 49.4 Å². The van der Waals surface area contributed by atoms with Crippen molar-refractivity contribution < 1.29 is 18.0 Å². The minimum Gasteiger partial charge on any atom is -0.345 e. The molecule has 1 atom stereocenters. The predicted octanol–water partition coefficient (Wildman–Crippen LogP) is 5.32. The first-order valence-corrected chi connectivity index (χ1v) is 13.8. The highest BCUT2D eigenvalue weighted by Gasteiger charge is 2.20. The molecule has 190 valence electrons. The number of hydrogen-bond donors (Lipinski definition) is 2. The molecule has 0 fully saturated rings. The molecule has 0 aromatic heterocycles. The molecule has 3 aromatic rings. The van der Waals surface area contributed by atoms with Crippen molar-refractivity contribution in [2.45, 2.75) is 32.7 Å². The van der Waals surface area contributed by atoms with Gasteiger partial charge in [0.2, 0.25) is 15.9 Å². The third-order valence-corrected chi connectivity index (χ3v) is 7.11. The number of carbonyl (C=O) groups is 2. The second-order valence-electron chi connectivity index (χ2n) is 8.57. The van der Waals surface area contributed by atoms with Crippen LogP contribution in [0.2, 0.25) is 5.02 Å². The Morgan fingerprint density at radius 3 is 2.36 bits per heavy atom. The van der Waals surface area contributed by atoms with Crippen LogP contribution in [-0.4, -0.2) is 33.0 Å². The second-order valence-corrected chi connectivity index (χ2v) is 10.9. The van der Waals surface area contributed by atoms with Gasteiger partial charge in [0, 0.05) is 18.0 Å². The van der Waals surface area contributed by atoms with E-state index < -0.39 is 10.0 Å². The van der Waals surface area contributed by atoms with Crippen molar-refractivity contribution in [3.8, 4) is 0 Å². The number of rotatable bonds is 10. The number of aryl methyl sites for hydroxylation is 1. The summed E-state index contributed by atoms with van der Waals surface area (Å²) in [5.41, 5.74) is 2.96. The summed E-state index contributed by atoms with van der Waals surface area (Å²) in [5.74, 6) is -0.621. The number of carbonyl (C=O) groups excluding carboxylic acids is 2. The van der Waals surface area contributed by atoms with Gasteiger partial charge in [0.15, 0.2) is 0 Å². The van der Waals surface area contributed by atoms with Crippen LogP contribution in [0.25, 0.3) is 0 Å². The van der Waals surface area contributed by atoms with Crippen LogP contribution < -0.4 is 14.9 Å². The Morgan fingerprint density at radius 1 is 1.00 bits per heavy atom. The molecule has 0 spiro atoms. The van der Waals surface area contributed by atoms with Crippen LogP contribution in [0.1, 0.15) is 47.3 Å². The van der Waals surface area contributed by atoms with E-state index in [0.29, 0.717) is 22.0 Å². The van der Waals surface area contributed by atoms with Crippen LogP contribution in [0, 0.1) is 6.92 Å². The van der Waals surface area contributed by atoms with Gasteiger partial charge in [-0.25, -0.2) is 8.42 Å². The monoisotopic (exact) mass is 527 g/mol. The highest BCUT2D eigenvalue weighted by molar-refractivity contribution is 7.92. The number of hydrogen-bond acceptors (Lipinski definition) is 4. The largest absolute Gasteiger partial charge is 0.345 e. The van der Waals surface area contributed by atoms with Crippen LogP contribution in [-0.2, 0) is 14.8 Å². The lowest BCUT2D eigenvalue weighted by Crippen LogP contribution is -2.32. The van der Waals surface area contributed by atoms with Gasteiger partial charge in [0.05, 0.1) is 29.2 Å². The molecule has 36 heavy (non-hydrogen) atoms. The molecule has 0 aliphatic carbocycles. The summed E-state index contributed by atoms with van der Waals surface area (Å²) >= 11 is 6.07. The topological polar surface area (TPSA) is 95.6 Å². The number of nitrogens with zero attached hydrogens (tertiary/aromatic N) is 1. The molecule has 0 heterocycles. The Balaban J connectivity index is 1.64. The molecule has 0 saturated carbocycles. The fourth-order valence-corrected chi connectivity index (χ4v) is 4.98. The number of nitrogens with one attached hydrogen (secondary N) is 2. The molecule has 0 unspecified atom stereocenters. The Bertz CT molecular complexity index is 1330. The Hall–Kier alpha value is -3.36. The van der Waals surface area contributed by atoms with Crippen molar-refractivity contribution in [1.29, 1.82) is 0 Å². The summed E-state index contributed by atoms with van der Waals surface area (Å²) < 4.78 is 26.1. The summed E-state index contributed by atoms with van der Waals surface area (Å²) in [6, 6.07) is 21.2. The zero-order valence-electron chi connectivity index (χ0n) is 20.5. The van der Waals surface area contributed by atoms with Crippen molar-refractivity contribution in [2.75, 3.05) is 22.4 Å². The average molecular weight is 528 g/mol. The predicted molar refractivity (Wildman–Crippen MR) is 145 cm³/mol. The molecule has 2 amide bonds. The molecule has 3 rings (SSSR count). The Morgan fingerprint density at radius 2 is 1.67 bits per heavy atom. The third-order valence-electron chi connectivity index (χ3n) is 5.70. The van der Waals surface area contributed by atoms with Crippen molar-refractivity contribution in [3.63, 3.8) is 0 Å². The summed E-state index contributed by atoms with van der Waals surface area (Å²) in [7, 11) is -3.58. The number of halogens is 1. The van der Waals surface area contributed by atoms with Gasteiger partial charge in [-0.15, -0.1) is 0 Å². The zero-order chi connectivity index (χ0) is 26.3. The maximum atomic E-state index is 12.9. The highest BCUT2D eigenvalue weighted by atomic mass is 35.5. The van der Waals surface area contributed by atoms with E-state index >= 15 is 0 Å². The molecular weight excluding hydrogens is 498 g/mol. The number of sulfonamides is 1. The van der Waals surface area contributed by atoms with E-state index in [0.717, 1.165) is 17.4 Å². The average Bonchev–Trinajstić information content (AvgIpc) is 2.83. The van der Waals surface area contributed by atoms with Crippen LogP contribution in [0.15, 0.2) is 72.8 Å². The molecule has 0 bridgehead atoms. The third kappa shape index (κ3) is 7.32. The van der Waals surface area contributed by atoms with Gasteiger partial charge in [-0.05, 0) is 55.7 Å². The van der Waals surface area contributed by atoms with Crippen LogP contribution >= 0.6 is 11.6 Å². The number of anilines is 2. The Kier molecular flexibility index (Phi) is 9.12. The molecule has 0 radical (unpaired) electrons. The quantitative estimate of drug-likeness (QED) is 0.373. The molecule has 0 aliphatic rings. The van der Waals surface area contributed by atoms with Crippen molar-refractivity contribution >= 4 is 44.8 Å². The van der Waals surface area contributed by atoms with Crippen molar-refractivity contribution in [1.82, 2.24) is 5.32 Å². The van der Waals surface area contributed by atoms with E-state index in [9.17, 15) is 18.0 Å². The normalized spacial score (nSPS) is 12.0. The summed E-state index contributed by atoms with van der Waals surface area (Å²) in [6.45, 7) is 3.81. The first kappa shape index (κ1) is 27.2. The van der Waals surface area contributed by atoms with Gasteiger partial charge < -0.3 is 10.6 Å². The maximum absolute atomic E-state index is 12.9. The van der Waals surface area contributed by atoms with Gasteiger partial charge in [-0.3, -0.25) is 13.9 Å².